The average molecular weight is 507 g/mol. The minimum Gasteiger partial charge on any atom is -0.484 e. The van der Waals surface area contributed by atoms with Crippen molar-refractivity contribution in [3.8, 4) is 17.2 Å². The number of hydrogen-bond donors (Lipinski definition) is 2. The van der Waals surface area contributed by atoms with E-state index in [1.165, 1.54) is 0 Å². The van der Waals surface area contributed by atoms with Gasteiger partial charge in [-0.2, -0.15) is 0 Å². The third-order valence-corrected chi connectivity index (χ3v) is 5.34. The summed E-state index contributed by atoms with van der Waals surface area (Å²) in [4.78, 5) is 24.7. The Labute approximate surface area is 212 Å². The van der Waals surface area contributed by atoms with Gasteiger partial charge >= 0.3 is 0 Å². The molecule has 0 aliphatic rings. The Morgan fingerprint density at radius 3 is 2.09 bits per heavy atom. The van der Waals surface area contributed by atoms with Crippen LogP contribution in [0, 0.1) is 0 Å². The van der Waals surface area contributed by atoms with Crippen molar-refractivity contribution >= 4 is 46.4 Å². The predicted molar refractivity (Wildman–Crippen MR) is 138 cm³/mol. The molecule has 0 radical (unpaired) electrons. The van der Waals surface area contributed by atoms with Gasteiger partial charge in [0.15, 0.2) is 6.61 Å². The molecule has 0 saturated carbocycles. The molecule has 4 rings (SSSR count). The van der Waals surface area contributed by atoms with Crippen molar-refractivity contribution in [1.82, 2.24) is 0 Å². The molecule has 8 heteroatoms. The Morgan fingerprint density at radius 1 is 0.714 bits per heavy atom. The van der Waals surface area contributed by atoms with Crippen molar-refractivity contribution in [3.63, 3.8) is 0 Å². The van der Waals surface area contributed by atoms with Gasteiger partial charge in [-0.25, -0.2) is 0 Å². The molecule has 0 atom stereocenters. The smallest absolute Gasteiger partial charge is 0.262 e. The van der Waals surface area contributed by atoms with Gasteiger partial charge in [-0.05, 0) is 78.9 Å². The third kappa shape index (κ3) is 6.99. The number of hydrogen-bond acceptors (Lipinski definition) is 4. The SMILES string of the molecule is O=C(COc1ccc(C(=O)Nc2cc(Cl)ccc2Cl)cc1)Nc1ccc(Oc2ccccc2)cc1. The maximum atomic E-state index is 12.5. The molecule has 0 aliphatic carbocycles. The molecule has 0 heterocycles. The largest absolute Gasteiger partial charge is 0.484 e. The van der Waals surface area contributed by atoms with E-state index in [1.807, 2.05) is 30.3 Å². The van der Waals surface area contributed by atoms with E-state index >= 15 is 0 Å². The molecule has 176 valence electrons. The molecule has 0 saturated heterocycles. The second-order valence-corrected chi connectivity index (χ2v) is 8.22. The minimum absolute atomic E-state index is 0.189. The Hall–Kier alpha value is -4.00. The molecule has 4 aromatic carbocycles. The van der Waals surface area contributed by atoms with Crippen LogP contribution in [0.25, 0.3) is 0 Å². The quantitative estimate of drug-likeness (QED) is 0.268. The molecule has 0 bridgehead atoms. The van der Waals surface area contributed by atoms with Crippen LogP contribution in [-0.2, 0) is 4.79 Å². The fourth-order valence-electron chi connectivity index (χ4n) is 3.07. The van der Waals surface area contributed by atoms with Crippen molar-refractivity contribution in [3.05, 3.63) is 113 Å². The predicted octanol–water partition coefficient (Wildman–Crippen LogP) is 7.06. The van der Waals surface area contributed by atoms with Crippen LogP contribution in [0.5, 0.6) is 17.2 Å². The maximum absolute atomic E-state index is 12.5. The number of rotatable bonds is 8. The zero-order chi connectivity index (χ0) is 24.6. The Balaban J connectivity index is 1.26. The van der Waals surface area contributed by atoms with E-state index in [9.17, 15) is 9.59 Å². The fraction of sp³-hybridized carbons (Fsp3) is 0.0370. The van der Waals surface area contributed by atoms with Crippen molar-refractivity contribution in [2.75, 3.05) is 17.2 Å². The highest BCUT2D eigenvalue weighted by Crippen LogP contribution is 2.26. The first-order valence-electron chi connectivity index (χ1n) is 10.6. The van der Waals surface area contributed by atoms with Crippen LogP contribution in [0.2, 0.25) is 10.0 Å². The molecule has 4 aromatic rings. The van der Waals surface area contributed by atoms with E-state index in [-0.39, 0.29) is 18.4 Å². The number of ether oxygens (including phenoxy) is 2. The molecular weight excluding hydrogens is 487 g/mol. The number of halogens is 2. The molecule has 6 nitrogen and oxygen atoms in total. The summed E-state index contributed by atoms with van der Waals surface area (Å²) >= 11 is 12.0. The summed E-state index contributed by atoms with van der Waals surface area (Å²) in [5.74, 6) is 1.17. The standard InChI is InChI=1S/C27H20Cl2N2O4/c28-19-8-15-24(29)25(16-19)31-27(33)18-6-11-21(12-7-18)34-17-26(32)30-20-9-13-23(14-10-20)35-22-4-2-1-3-5-22/h1-16H,17H2,(H,30,32)(H,31,33). The Bertz CT molecular complexity index is 1310. The highest BCUT2D eigenvalue weighted by molar-refractivity contribution is 6.35. The van der Waals surface area contributed by atoms with Gasteiger partial charge in [-0.1, -0.05) is 41.4 Å². The van der Waals surface area contributed by atoms with E-state index < -0.39 is 0 Å². The van der Waals surface area contributed by atoms with Crippen molar-refractivity contribution in [1.29, 1.82) is 0 Å². The van der Waals surface area contributed by atoms with Gasteiger partial charge in [-0.15, -0.1) is 0 Å². The lowest BCUT2D eigenvalue weighted by atomic mass is 10.2. The van der Waals surface area contributed by atoms with E-state index in [4.69, 9.17) is 32.7 Å². The first-order valence-corrected chi connectivity index (χ1v) is 11.3. The van der Waals surface area contributed by atoms with Crippen LogP contribution in [-0.4, -0.2) is 18.4 Å². The molecule has 0 spiro atoms. The lowest BCUT2D eigenvalue weighted by Crippen LogP contribution is -2.20. The van der Waals surface area contributed by atoms with E-state index in [0.29, 0.717) is 38.5 Å². The summed E-state index contributed by atoms with van der Waals surface area (Å²) in [7, 11) is 0. The van der Waals surface area contributed by atoms with E-state index in [0.717, 1.165) is 5.75 Å². The summed E-state index contributed by atoms with van der Waals surface area (Å²) in [5.41, 5.74) is 1.43. The van der Waals surface area contributed by atoms with Crippen LogP contribution in [0.1, 0.15) is 10.4 Å². The van der Waals surface area contributed by atoms with Gasteiger partial charge < -0.3 is 20.1 Å². The van der Waals surface area contributed by atoms with Gasteiger partial charge in [0.05, 0.1) is 10.7 Å². The van der Waals surface area contributed by atoms with Crippen LogP contribution in [0.15, 0.2) is 97.1 Å². The number of nitrogens with one attached hydrogen (secondary N) is 2. The molecule has 0 aromatic heterocycles. The molecule has 0 unspecified atom stereocenters. The number of carbonyl (C=O) groups excluding carboxylic acids is 2. The van der Waals surface area contributed by atoms with Gasteiger partial charge in [0, 0.05) is 16.3 Å². The number of benzene rings is 4. The van der Waals surface area contributed by atoms with Crippen LogP contribution >= 0.6 is 23.2 Å². The monoisotopic (exact) mass is 506 g/mol. The minimum atomic E-state index is -0.349. The first-order chi connectivity index (χ1) is 17.0. The molecule has 2 amide bonds. The van der Waals surface area contributed by atoms with Crippen molar-refractivity contribution in [2.45, 2.75) is 0 Å². The van der Waals surface area contributed by atoms with Crippen LogP contribution < -0.4 is 20.1 Å². The number of carbonyl (C=O) groups is 2. The lowest BCUT2D eigenvalue weighted by Gasteiger charge is -2.10. The summed E-state index contributed by atoms with van der Waals surface area (Å²) in [6.07, 6.45) is 0. The van der Waals surface area contributed by atoms with Gasteiger partial charge in [0.25, 0.3) is 11.8 Å². The van der Waals surface area contributed by atoms with Crippen LogP contribution in [0.3, 0.4) is 0 Å². The molecule has 0 fully saturated rings. The maximum Gasteiger partial charge on any atom is 0.262 e. The zero-order valence-corrected chi connectivity index (χ0v) is 19.8. The van der Waals surface area contributed by atoms with Crippen molar-refractivity contribution in [2.24, 2.45) is 0 Å². The van der Waals surface area contributed by atoms with E-state index in [2.05, 4.69) is 10.6 Å². The molecule has 2 N–H and O–H groups in total. The van der Waals surface area contributed by atoms with Crippen LogP contribution in [0.4, 0.5) is 11.4 Å². The van der Waals surface area contributed by atoms with Gasteiger partial charge in [0.1, 0.15) is 17.2 Å². The highest BCUT2D eigenvalue weighted by atomic mass is 35.5. The normalized spacial score (nSPS) is 10.3. The fourth-order valence-corrected chi connectivity index (χ4v) is 3.40. The Kier molecular flexibility index (Phi) is 7.88. The third-order valence-electron chi connectivity index (χ3n) is 4.78. The molecule has 35 heavy (non-hydrogen) atoms. The van der Waals surface area contributed by atoms with Crippen molar-refractivity contribution < 1.29 is 19.1 Å². The highest BCUT2D eigenvalue weighted by Gasteiger charge is 2.10. The zero-order valence-electron chi connectivity index (χ0n) is 18.3. The van der Waals surface area contributed by atoms with Gasteiger partial charge in [-0.3, -0.25) is 9.59 Å². The summed E-state index contributed by atoms with van der Waals surface area (Å²) in [6, 6.07) is 27.7. The number of para-hydroxylation sites is 1. The lowest BCUT2D eigenvalue weighted by molar-refractivity contribution is -0.118. The molecule has 0 aliphatic heterocycles. The summed E-state index contributed by atoms with van der Waals surface area (Å²) in [6.45, 7) is -0.189. The second kappa shape index (κ2) is 11.4. The number of amides is 2. The Morgan fingerprint density at radius 2 is 1.37 bits per heavy atom. The summed E-state index contributed by atoms with van der Waals surface area (Å²) in [5, 5.41) is 6.32. The molecular formula is C27H20Cl2N2O4. The second-order valence-electron chi connectivity index (χ2n) is 7.38. The van der Waals surface area contributed by atoms with Gasteiger partial charge in [0.2, 0.25) is 0 Å². The topological polar surface area (TPSA) is 76.7 Å². The van der Waals surface area contributed by atoms with E-state index in [1.54, 1.807) is 66.7 Å². The average Bonchev–Trinajstić information content (AvgIpc) is 2.87. The number of anilines is 2. The summed E-state index contributed by atoms with van der Waals surface area (Å²) < 4.78 is 11.3. The first kappa shape index (κ1) is 24.1.